The van der Waals surface area contributed by atoms with E-state index in [1.165, 1.54) is 88.3 Å². The third-order valence-corrected chi connectivity index (χ3v) is 10.6. The molecule has 0 spiro atoms. The van der Waals surface area contributed by atoms with Gasteiger partial charge in [-0.1, -0.05) is 149 Å². The Kier molecular flexibility index (Phi) is 5.11. The SMILES string of the molecule is CC1(C)c2cc(-c3ccccc3)c3ccccc3c2-c2ccc3c(c21)C(C)(C)c1cc(-c2ccccc2)c2ccccc2c1-3. The van der Waals surface area contributed by atoms with Crippen LogP contribution in [0.1, 0.15) is 49.9 Å². The average molecular weight is 563 g/mol. The van der Waals surface area contributed by atoms with Crippen molar-refractivity contribution in [3.8, 4) is 44.5 Å². The van der Waals surface area contributed by atoms with Crippen molar-refractivity contribution < 1.29 is 0 Å². The highest BCUT2D eigenvalue weighted by atomic mass is 14.5. The Morgan fingerprint density at radius 2 is 0.682 bits per heavy atom. The lowest BCUT2D eigenvalue weighted by Gasteiger charge is -2.31. The molecular formula is C44H34. The lowest BCUT2D eigenvalue weighted by atomic mass is 9.72. The molecule has 0 aliphatic heterocycles. The first-order valence-corrected chi connectivity index (χ1v) is 15.8. The minimum atomic E-state index is -0.152. The topological polar surface area (TPSA) is 0 Å². The van der Waals surface area contributed by atoms with Gasteiger partial charge in [-0.15, -0.1) is 0 Å². The van der Waals surface area contributed by atoms with Gasteiger partial charge in [0.1, 0.15) is 0 Å². The van der Waals surface area contributed by atoms with Gasteiger partial charge < -0.3 is 0 Å². The summed E-state index contributed by atoms with van der Waals surface area (Å²) in [5, 5.41) is 5.34. The van der Waals surface area contributed by atoms with Crippen LogP contribution in [0.5, 0.6) is 0 Å². The zero-order valence-corrected chi connectivity index (χ0v) is 25.7. The summed E-state index contributed by atoms with van der Waals surface area (Å²) in [6.45, 7) is 9.81. The van der Waals surface area contributed by atoms with Gasteiger partial charge in [0.15, 0.2) is 0 Å². The van der Waals surface area contributed by atoms with Gasteiger partial charge in [0, 0.05) is 10.8 Å². The smallest absolute Gasteiger partial charge is 0.0162 e. The second-order valence-electron chi connectivity index (χ2n) is 13.7. The van der Waals surface area contributed by atoms with Crippen LogP contribution in [0.15, 0.2) is 133 Å². The Balaban J connectivity index is 1.36. The van der Waals surface area contributed by atoms with Crippen LogP contribution in [-0.2, 0) is 10.8 Å². The standard InChI is InChI=1S/C44H34/c1-43(2)37-25-35(27-15-7-5-8-16-27)29-19-11-13-21-31(29)39(37)33-23-24-34-40-32-22-14-12-20-30(32)36(28-17-9-6-10-18-28)26-38(40)44(3,4)42(34)41(33)43/h5-26H,1-4H3. The normalized spacial score (nSPS) is 15.2. The van der Waals surface area contributed by atoms with E-state index in [-0.39, 0.29) is 10.8 Å². The van der Waals surface area contributed by atoms with Crippen molar-refractivity contribution in [3.63, 3.8) is 0 Å². The van der Waals surface area contributed by atoms with Crippen molar-refractivity contribution in [2.24, 2.45) is 0 Å². The van der Waals surface area contributed by atoms with Crippen molar-refractivity contribution in [2.75, 3.05) is 0 Å². The van der Waals surface area contributed by atoms with Crippen LogP contribution < -0.4 is 0 Å². The predicted octanol–water partition coefficient (Wildman–Crippen LogP) is 11.9. The number of benzene rings is 7. The van der Waals surface area contributed by atoms with Gasteiger partial charge in [0.2, 0.25) is 0 Å². The summed E-state index contributed by atoms with van der Waals surface area (Å²) in [6, 6.07) is 49.7. The summed E-state index contributed by atoms with van der Waals surface area (Å²) >= 11 is 0. The summed E-state index contributed by atoms with van der Waals surface area (Å²) in [7, 11) is 0. The molecule has 0 saturated heterocycles. The highest BCUT2D eigenvalue weighted by molar-refractivity contribution is 6.12. The van der Waals surface area contributed by atoms with Gasteiger partial charge >= 0.3 is 0 Å². The third kappa shape index (κ3) is 3.23. The lowest BCUT2D eigenvalue weighted by molar-refractivity contribution is 0.601. The summed E-state index contributed by atoms with van der Waals surface area (Å²) in [4.78, 5) is 0. The highest BCUT2D eigenvalue weighted by Gasteiger charge is 2.47. The zero-order valence-electron chi connectivity index (χ0n) is 25.7. The predicted molar refractivity (Wildman–Crippen MR) is 187 cm³/mol. The lowest BCUT2D eigenvalue weighted by Crippen LogP contribution is -2.24. The van der Waals surface area contributed by atoms with Crippen LogP contribution in [0.2, 0.25) is 0 Å². The quantitative estimate of drug-likeness (QED) is 0.197. The van der Waals surface area contributed by atoms with Gasteiger partial charge in [-0.2, -0.15) is 0 Å². The van der Waals surface area contributed by atoms with Crippen molar-refractivity contribution >= 4 is 21.5 Å². The van der Waals surface area contributed by atoms with E-state index in [0.717, 1.165) is 0 Å². The maximum Gasteiger partial charge on any atom is 0.0162 e. The Labute approximate surface area is 259 Å². The molecule has 44 heavy (non-hydrogen) atoms. The van der Waals surface area contributed by atoms with E-state index in [1.807, 2.05) is 0 Å². The van der Waals surface area contributed by atoms with Gasteiger partial charge in [0.25, 0.3) is 0 Å². The molecule has 0 bridgehead atoms. The first kappa shape index (κ1) is 25.5. The molecule has 2 aliphatic rings. The molecule has 0 radical (unpaired) electrons. The van der Waals surface area contributed by atoms with Crippen LogP contribution in [0.3, 0.4) is 0 Å². The minimum Gasteiger partial charge on any atom is -0.0622 e. The van der Waals surface area contributed by atoms with Crippen LogP contribution in [0.25, 0.3) is 66.1 Å². The van der Waals surface area contributed by atoms with Crippen molar-refractivity contribution in [1.29, 1.82) is 0 Å². The summed E-state index contributed by atoms with van der Waals surface area (Å²) in [5.74, 6) is 0. The summed E-state index contributed by atoms with van der Waals surface area (Å²) in [6.07, 6.45) is 0. The van der Waals surface area contributed by atoms with E-state index in [1.54, 1.807) is 0 Å². The van der Waals surface area contributed by atoms with E-state index in [2.05, 4.69) is 161 Å². The van der Waals surface area contributed by atoms with Crippen LogP contribution in [-0.4, -0.2) is 0 Å². The monoisotopic (exact) mass is 562 g/mol. The van der Waals surface area contributed by atoms with Crippen LogP contribution >= 0.6 is 0 Å². The largest absolute Gasteiger partial charge is 0.0622 e. The maximum atomic E-state index is 2.50. The van der Waals surface area contributed by atoms with Crippen LogP contribution in [0, 0.1) is 0 Å². The van der Waals surface area contributed by atoms with Crippen molar-refractivity contribution in [2.45, 2.75) is 38.5 Å². The van der Waals surface area contributed by atoms with Gasteiger partial charge in [-0.3, -0.25) is 0 Å². The fourth-order valence-electron chi connectivity index (χ4n) is 8.62. The van der Waals surface area contributed by atoms with E-state index in [9.17, 15) is 0 Å². The average Bonchev–Trinajstić information content (AvgIpc) is 3.44. The van der Waals surface area contributed by atoms with E-state index in [4.69, 9.17) is 0 Å². The van der Waals surface area contributed by atoms with Crippen molar-refractivity contribution in [3.05, 3.63) is 156 Å². The third-order valence-electron chi connectivity index (χ3n) is 10.6. The molecule has 0 fully saturated rings. The maximum absolute atomic E-state index is 2.50. The Morgan fingerprint density at radius 1 is 0.341 bits per heavy atom. The molecule has 0 saturated carbocycles. The van der Waals surface area contributed by atoms with E-state index >= 15 is 0 Å². The number of hydrogen-bond acceptors (Lipinski definition) is 0. The summed E-state index contributed by atoms with van der Waals surface area (Å²) < 4.78 is 0. The number of fused-ring (bicyclic) bond motifs is 11. The highest BCUT2D eigenvalue weighted by Crippen LogP contribution is 2.62. The molecule has 2 aliphatic carbocycles. The van der Waals surface area contributed by atoms with Crippen molar-refractivity contribution in [1.82, 2.24) is 0 Å². The number of hydrogen-bond donors (Lipinski definition) is 0. The number of rotatable bonds is 2. The first-order valence-electron chi connectivity index (χ1n) is 15.8. The molecule has 210 valence electrons. The molecule has 0 unspecified atom stereocenters. The fourth-order valence-corrected chi connectivity index (χ4v) is 8.62. The molecule has 0 N–H and O–H groups in total. The molecule has 9 rings (SSSR count). The Morgan fingerprint density at radius 3 is 1.07 bits per heavy atom. The summed E-state index contributed by atoms with van der Waals surface area (Å²) in [5.41, 5.74) is 16.3. The van der Waals surface area contributed by atoms with Gasteiger partial charge in [-0.05, 0) is 100 Å². The molecule has 0 aromatic heterocycles. The second kappa shape index (κ2) is 8.80. The molecule has 0 amide bonds. The Hall–Kier alpha value is -4.94. The molecular weight excluding hydrogens is 528 g/mol. The fraction of sp³-hybridized carbons (Fsp3) is 0.136. The first-order chi connectivity index (χ1) is 21.4. The van der Waals surface area contributed by atoms with Gasteiger partial charge in [-0.25, -0.2) is 0 Å². The van der Waals surface area contributed by atoms with E-state index in [0.29, 0.717) is 0 Å². The zero-order chi connectivity index (χ0) is 29.8. The minimum absolute atomic E-state index is 0.152. The Bertz CT molecular complexity index is 2130. The van der Waals surface area contributed by atoms with Gasteiger partial charge in [0.05, 0.1) is 0 Å². The molecule has 0 heterocycles. The molecule has 7 aromatic rings. The van der Waals surface area contributed by atoms with Crippen LogP contribution in [0.4, 0.5) is 0 Å². The molecule has 0 nitrogen and oxygen atoms in total. The van der Waals surface area contributed by atoms with E-state index < -0.39 is 0 Å². The molecule has 0 atom stereocenters. The second-order valence-corrected chi connectivity index (χ2v) is 13.7. The molecule has 7 aromatic carbocycles. The molecule has 0 heteroatoms.